The summed E-state index contributed by atoms with van der Waals surface area (Å²) in [7, 11) is 0. The standard InChI is InChI=1S/C41H75NO5/c1-3-5-7-9-11-13-15-17-19-21-23-25-27-29-31-33-40(44)46-37-35-42(39-43)36-38-47-41(45)34-32-30-28-26-24-22-20-18-16-14-12-10-8-6-4-2/h17-20,39H,3-16,21-38H2,1-2H3/b19-17-,20-18-. The first kappa shape index (κ1) is 44.9. The molecule has 0 bridgehead atoms. The van der Waals surface area contributed by atoms with E-state index in [9.17, 15) is 14.4 Å². The van der Waals surface area contributed by atoms with Gasteiger partial charge in [-0.05, 0) is 64.2 Å². The molecule has 1 amide bonds. The quantitative estimate of drug-likeness (QED) is 0.0287. The van der Waals surface area contributed by atoms with Gasteiger partial charge in [-0.3, -0.25) is 14.4 Å². The molecule has 0 aliphatic heterocycles. The maximum absolute atomic E-state index is 12.0. The van der Waals surface area contributed by atoms with Gasteiger partial charge in [0.2, 0.25) is 6.41 Å². The Hall–Kier alpha value is -2.11. The third kappa shape index (κ3) is 36.6. The lowest BCUT2D eigenvalue weighted by Crippen LogP contribution is -2.31. The van der Waals surface area contributed by atoms with Crippen LogP contribution in [0.5, 0.6) is 0 Å². The maximum atomic E-state index is 12.0. The van der Waals surface area contributed by atoms with Crippen LogP contribution < -0.4 is 0 Å². The molecule has 274 valence electrons. The number of nitrogens with zero attached hydrogens (tertiary/aromatic N) is 1. The van der Waals surface area contributed by atoms with Crippen LogP contribution in [0.15, 0.2) is 24.3 Å². The van der Waals surface area contributed by atoms with Gasteiger partial charge in [-0.2, -0.15) is 0 Å². The minimum Gasteiger partial charge on any atom is -0.464 e. The Morgan fingerprint density at radius 2 is 0.745 bits per heavy atom. The van der Waals surface area contributed by atoms with E-state index in [1.165, 1.54) is 120 Å². The molecule has 0 rings (SSSR count). The first-order chi connectivity index (χ1) is 23.1. The number of amides is 1. The number of hydrogen-bond donors (Lipinski definition) is 0. The average molecular weight is 662 g/mol. The first-order valence-electron chi connectivity index (χ1n) is 19.9. The van der Waals surface area contributed by atoms with E-state index in [-0.39, 0.29) is 25.2 Å². The monoisotopic (exact) mass is 662 g/mol. The number of hydrogen-bond acceptors (Lipinski definition) is 5. The van der Waals surface area contributed by atoms with E-state index in [2.05, 4.69) is 38.2 Å². The van der Waals surface area contributed by atoms with Crippen molar-refractivity contribution in [2.45, 2.75) is 194 Å². The molecule has 0 N–H and O–H groups in total. The summed E-state index contributed by atoms with van der Waals surface area (Å²) >= 11 is 0. The van der Waals surface area contributed by atoms with E-state index in [1.807, 2.05) is 0 Å². The Balaban J connectivity index is 3.54. The Bertz CT molecular complexity index is 692. The van der Waals surface area contributed by atoms with E-state index in [0.717, 1.165) is 57.8 Å². The van der Waals surface area contributed by atoms with E-state index in [0.29, 0.717) is 25.9 Å². The van der Waals surface area contributed by atoms with Crippen molar-refractivity contribution in [2.75, 3.05) is 26.3 Å². The minimum atomic E-state index is -0.208. The van der Waals surface area contributed by atoms with Gasteiger partial charge in [-0.25, -0.2) is 0 Å². The van der Waals surface area contributed by atoms with Crippen molar-refractivity contribution in [2.24, 2.45) is 0 Å². The lowest BCUT2D eigenvalue weighted by atomic mass is 10.1. The predicted molar refractivity (Wildman–Crippen MR) is 198 cm³/mol. The van der Waals surface area contributed by atoms with Crippen LogP contribution in [0.2, 0.25) is 0 Å². The number of ether oxygens (including phenoxy) is 2. The van der Waals surface area contributed by atoms with Crippen LogP contribution in [0.4, 0.5) is 0 Å². The molecule has 0 atom stereocenters. The Labute approximate surface area is 290 Å². The summed E-state index contributed by atoms with van der Waals surface area (Å²) in [6, 6.07) is 0. The summed E-state index contributed by atoms with van der Waals surface area (Å²) in [4.78, 5) is 36.9. The fraction of sp³-hybridized carbons (Fsp3) is 0.829. The second kappa shape index (κ2) is 38.3. The molecule has 0 fully saturated rings. The van der Waals surface area contributed by atoms with Crippen LogP contribution in [0.25, 0.3) is 0 Å². The largest absolute Gasteiger partial charge is 0.464 e. The molecule has 0 saturated heterocycles. The topological polar surface area (TPSA) is 72.9 Å². The van der Waals surface area contributed by atoms with Crippen molar-refractivity contribution in [3.63, 3.8) is 0 Å². The van der Waals surface area contributed by atoms with Crippen LogP contribution >= 0.6 is 0 Å². The molecule has 0 spiro atoms. The Morgan fingerprint density at radius 1 is 0.447 bits per heavy atom. The summed E-state index contributed by atoms with van der Waals surface area (Å²) in [5, 5.41) is 0. The lowest BCUT2D eigenvalue weighted by Gasteiger charge is -2.17. The van der Waals surface area contributed by atoms with Gasteiger partial charge in [0.1, 0.15) is 13.2 Å². The van der Waals surface area contributed by atoms with Crippen molar-refractivity contribution in [3.05, 3.63) is 24.3 Å². The van der Waals surface area contributed by atoms with Crippen LogP contribution in [-0.2, 0) is 23.9 Å². The summed E-state index contributed by atoms with van der Waals surface area (Å²) in [6.07, 6.45) is 42.8. The number of esters is 2. The summed E-state index contributed by atoms with van der Waals surface area (Å²) in [5.74, 6) is -0.417. The number of rotatable bonds is 37. The lowest BCUT2D eigenvalue weighted by molar-refractivity contribution is -0.145. The Kier molecular flexibility index (Phi) is 36.6. The highest BCUT2D eigenvalue weighted by Crippen LogP contribution is 2.12. The van der Waals surface area contributed by atoms with Gasteiger partial charge in [-0.15, -0.1) is 0 Å². The fourth-order valence-corrected chi connectivity index (χ4v) is 5.60. The molecule has 0 heterocycles. The van der Waals surface area contributed by atoms with Crippen molar-refractivity contribution >= 4 is 18.3 Å². The molecule has 0 aliphatic rings. The Morgan fingerprint density at radius 3 is 1.06 bits per heavy atom. The maximum Gasteiger partial charge on any atom is 0.305 e. The number of carbonyl (C=O) groups is 3. The normalized spacial score (nSPS) is 11.4. The highest BCUT2D eigenvalue weighted by atomic mass is 16.5. The highest BCUT2D eigenvalue weighted by Gasteiger charge is 2.08. The molecule has 6 nitrogen and oxygen atoms in total. The second-order valence-corrected chi connectivity index (χ2v) is 13.3. The van der Waals surface area contributed by atoms with E-state index >= 15 is 0 Å². The third-order valence-corrected chi connectivity index (χ3v) is 8.72. The fourth-order valence-electron chi connectivity index (χ4n) is 5.60. The smallest absolute Gasteiger partial charge is 0.305 e. The number of unbranched alkanes of at least 4 members (excludes halogenated alkanes) is 22. The third-order valence-electron chi connectivity index (χ3n) is 8.72. The van der Waals surface area contributed by atoms with Gasteiger partial charge in [0.05, 0.1) is 13.1 Å². The molecule has 0 aliphatic carbocycles. The summed E-state index contributed by atoms with van der Waals surface area (Å²) < 4.78 is 10.6. The van der Waals surface area contributed by atoms with Crippen LogP contribution in [0, 0.1) is 0 Å². The zero-order valence-electron chi connectivity index (χ0n) is 31.0. The molecule has 0 saturated carbocycles. The average Bonchev–Trinajstić information content (AvgIpc) is 3.07. The summed E-state index contributed by atoms with van der Waals surface area (Å²) in [6.45, 7) is 5.49. The minimum absolute atomic E-state index is 0.172. The van der Waals surface area contributed by atoms with Gasteiger partial charge in [0.15, 0.2) is 0 Å². The zero-order chi connectivity index (χ0) is 34.3. The van der Waals surface area contributed by atoms with Gasteiger partial charge in [0.25, 0.3) is 0 Å². The zero-order valence-corrected chi connectivity index (χ0v) is 31.0. The second-order valence-electron chi connectivity index (χ2n) is 13.3. The SMILES string of the molecule is CCCCCCCC/C=C\CCCCCCCC(=O)OCCN(C=O)CCOC(=O)CCCCCCC/C=C\CCCCCCCC. The van der Waals surface area contributed by atoms with Gasteiger partial charge in [0, 0.05) is 12.8 Å². The van der Waals surface area contributed by atoms with Crippen molar-refractivity contribution < 1.29 is 23.9 Å². The van der Waals surface area contributed by atoms with E-state index in [4.69, 9.17) is 9.47 Å². The van der Waals surface area contributed by atoms with Crippen LogP contribution in [0.1, 0.15) is 194 Å². The molecule has 47 heavy (non-hydrogen) atoms. The van der Waals surface area contributed by atoms with Crippen molar-refractivity contribution in [3.8, 4) is 0 Å². The van der Waals surface area contributed by atoms with E-state index in [1.54, 1.807) is 0 Å². The van der Waals surface area contributed by atoms with Crippen LogP contribution in [0.3, 0.4) is 0 Å². The molecule has 6 heteroatoms. The molecule has 0 unspecified atom stereocenters. The number of allylic oxidation sites excluding steroid dienone is 4. The van der Waals surface area contributed by atoms with Gasteiger partial charge >= 0.3 is 11.9 Å². The van der Waals surface area contributed by atoms with Gasteiger partial charge in [-0.1, -0.05) is 141 Å². The molecule has 0 aromatic carbocycles. The van der Waals surface area contributed by atoms with E-state index < -0.39 is 0 Å². The molecule has 0 radical (unpaired) electrons. The van der Waals surface area contributed by atoms with Crippen molar-refractivity contribution in [1.82, 2.24) is 4.90 Å². The van der Waals surface area contributed by atoms with Gasteiger partial charge < -0.3 is 14.4 Å². The predicted octanol–water partition coefficient (Wildman–Crippen LogP) is 11.6. The van der Waals surface area contributed by atoms with Crippen molar-refractivity contribution in [1.29, 1.82) is 0 Å². The highest BCUT2D eigenvalue weighted by molar-refractivity contribution is 5.69. The van der Waals surface area contributed by atoms with Crippen LogP contribution in [-0.4, -0.2) is 49.6 Å². The molecular weight excluding hydrogens is 586 g/mol. The molecular formula is C41H75NO5. The molecule has 0 aromatic rings. The molecule has 0 aromatic heterocycles. The summed E-state index contributed by atoms with van der Waals surface area (Å²) in [5.41, 5.74) is 0. The first-order valence-corrected chi connectivity index (χ1v) is 19.9. The number of carbonyl (C=O) groups excluding carboxylic acids is 3.